The van der Waals surface area contributed by atoms with Gasteiger partial charge in [0.25, 0.3) is 0 Å². The topological polar surface area (TPSA) is 85.4 Å². The van der Waals surface area contributed by atoms with Gasteiger partial charge in [-0.2, -0.15) is 4.98 Å². The second-order valence-corrected chi connectivity index (χ2v) is 7.86. The van der Waals surface area contributed by atoms with Crippen LogP contribution in [0, 0.1) is 0 Å². The van der Waals surface area contributed by atoms with Crippen molar-refractivity contribution in [2.24, 2.45) is 0 Å². The van der Waals surface area contributed by atoms with E-state index < -0.39 is 0 Å². The Kier molecular flexibility index (Phi) is 6.21. The highest BCUT2D eigenvalue weighted by molar-refractivity contribution is 5.95. The quantitative estimate of drug-likeness (QED) is 0.583. The largest absolute Gasteiger partial charge is 0.493 e. The molecule has 0 saturated heterocycles. The smallest absolute Gasteiger partial charge is 0.231 e. The van der Waals surface area contributed by atoms with Crippen LogP contribution in [0.1, 0.15) is 39.0 Å². The first-order valence-electron chi connectivity index (χ1n) is 10.7. The van der Waals surface area contributed by atoms with E-state index in [0.717, 1.165) is 40.7 Å². The van der Waals surface area contributed by atoms with Gasteiger partial charge in [0.1, 0.15) is 5.82 Å². The minimum absolute atomic E-state index is 0.190. The highest BCUT2D eigenvalue weighted by atomic mass is 16.5. The molecule has 1 aromatic heterocycles. The van der Waals surface area contributed by atoms with Crippen LogP contribution in [-0.4, -0.2) is 36.1 Å². The standard InChI is InChI=1S/C24H28N4O3/c1-15(29)25-24-27-20-11-9-16(17-10-12-21(30-2)22(14-17)31-3)13-19(20)23(28-24)26-18-7-5-4-6-8-18/h9-14,18H,4-8H2,1-3H3,(H2,25,26,27,28,29). The van der Waals surface area contributed by atoms with Crippen LogP contribution in [0.15, 0.2) is 36.4 Å². The van der Waals surface area contributed by atoms with Crippen molar-refractivity contribution in [2.45, 2.75) is 45.1 Å². The Labute approximate surface area is 182 Å². The van der Waals surface area contributed by atoms with Gasteiger partial charge in [0.2, 0.25) is 11.9 Å². The van der Waals surface area contributed by atoms with Crippen LogP contribution in [0.4, 0.5) is 11.8 Å². The van der Waals surface area contributed by atoms with Crippen molar-refractivity contribution >= 4 is 28.6 Å². The molecule has 0 aliphatic heterocycles. The molecule has 1 fully saturated rings. The molecular weight excluding hydrogens is 392 g/mol. The summed E-state index contributed by atoms with van der Waals surface area (Å²) in [5.41, 5.74) is 2.81. The molecule has 2 aromatic carbocycles. The number of carbonyl (C=O) groups excluding carboxylic acids is 1. The van der Waals surface area contributed by atoms with Gasteiger partial charge in [-0.25, -0.2) is 4.98 Å². The van der Waals surface area contributed by atoms with E-state index in [1.54, 1.807) is 14.2 Å². The molecule has 0 radical (unpaired) electrons. The number of carbonyl (C=O) groups is 1. The predicted molar refractivity (Wildman–Crippen MR) is 123 cm³/mol. The average Bonchev–Trinajstić information content (AvgIpc) is 2.78. The number of methoxy groups -OCH3 is 2. The van der Waals surface area contributed by atoms with E-state index in [0.29, 0.717) is 23.5 Å². The molecule has 0 unspecified atom stereocenters. The number of nitrogens with zero attached hydrogens (tertiary/aromatic N) is 2. The van der Waals surface area contributed by atoms with Crippen molar-refractivity contribution in [1.29, 1.82) is 0 Å². The minimum atomic E-state index is -0.190. The number of rotatable bonds is 6. The molecule has 1 heterocycles. The summed E-state index contributed by atoms with van der Waals surface area (Å²) >= 11 is 0. The van der Waals surface area contributed by atoms with Crippen LogP contribution in [0.25, 0.3) is 22.0 Å². The first-order valence-corrected chi connectivity index (χ1v) is 10.7. The summed E-state index contributed by atoms with van der Waals surface area (Å²) in [7, 11) is 3.26. The molecule has 1 saturated carbocycles. The first-order chi connectivity index (χ1) is 15.1. The molecule has 3 aromatic rings. The summed E-state index contributed by atoms with van der Waals surface area (Å²) < 4.78 is 10.8. The van der Waals surface area contributed by atoms with Gasteiger partial charge >= 0.3 is 0 Å². The number of nitrogens with one attached hydrogen (secondary N) is 2. The fourth-order valence-corrected chi connectivity index (χ4v) is 4.09. The first kappa shape index (κ1) is 20.9. The third-order valence-corrected chi connectivity index (χ3v) is 5.65. The van der Waals surface area contributed by atoms with Gasteiger partial charge in [-0.3, -0.25) is 10.1 Å². The van der Waals surface area contributed by atoms with Gasteiger partial charge in [-0.1, -0.05) is 31.4 Å². The molecule has 2 N–H and O–H groups in total. The maximum atomic E-state index is 11.6. The molecule has 0 spiro atoms. The summed E-state index contributed by atoms with van der Waals surface area (Å²) in [6.45, 7) is 1.46. The molecule has 7 nitrogen and oxygen atoms in total. The van der Waals surface area contributed by atoms with Crippen LogP contribution in [0.3, 0.4) is 0 Å². The van der Waals surface area contributed by atoms with Crippen molar-refractivity contribution in [3.63, 3.8) is 0 Å². The fourth-order valence-electron chi connectivity index (χ4n) is 4.09. The number of aromatic nitrogens is 2. The van der Waals surface area contributed by atoms with Crippen LogP contribution < -0.4 is 20.1 Å². The summed E-state index contributed by atoms with van der Waals surface area (Å²) in [6.07, 6.45) is 5.96. The van der Waals surface area contributed by atoms with E-state index in [9.17, 15) is 4.79 Å². The number of ether oxygens (including phenoxy) is 2. The molecule has 0 bridgehead atoms. The van der Waals surface area contributed by atoms with Crippen LogP contribution in [0.2, 0.25) is 0 Å². The highest BCUT2D eigenvalue weighted by Crippen LogP contribution is 2.35. The molecule has 31 heavy (non-hydrogen) atoms. The lowest BCUT2D eigenvalue weighted by Crippen LogP contribution is -2.23. The molecule has 1 aliphatic carbocycles. The number of hydrogen-bond donors (Lipinski definition) is 2. The Morgan fingerprint density at radius 2 is 1.65 bits per heavy atom. The number of hydrogen-bond acceptors (Lipinski definition) is 6. The maximum absolute atomic E-state index is 11.6. The van der Waals surface area contributed by atoms with Gasteiger partial charge < -0.3 is 14.8 Å². The number of fused-ring (bicyclic) bond motifs is 1. The monoisotopic (exact) mass is 420 g/mol. The summed E-state index contributed by atoms with van der Waals surface area (Å²) in [6, 6.07) is 12.3. The maximum Gasteiger partial charge on any atom is 0.231 e. The van der Waals surface area contributed by atoms with Crippen molar-refractivity contribution in [3.05, 3.63) is 36.4 Å². The molecule has 1 amide bonds. The number of benzene rings is 2. The van der Waals surface area contributed by atoms with E-state index in [4.69, 9.17) is 9.47 Å². The highest BCUT2D eigenvalue weighted by Gasteiger charge is 2.17. The van der Waals surface area contributed by atoms with Crippen LogP contribution in [-0.2, 0) is 4.79 Å². The summed E-state index contributed by atoms with van der Waals surface area (Å²) in [4.78, 5) is 20.7. The van der Waals surface area contributed by atoms with Crippen LogP contribution >= 0.6 is 0 Å². The summed E-state index contributed by atoms with van der Waals surface area (Å²) in [5, 5.41) is 7.25. The Bertz CT molecular complexity index is 1090. The lowest BCUT2D eigenvalue weighted by atomic mass is 9.95. The third-order valence-electron chi connectivity index (χ3n) is 5.65. The van der Waals surface area contributed by atoms with E-state index >= 15 is 0 Å². The van der Waals surface area contributed by atoms with E-state index in [2.05, 4.69) is 26.7 Å². The molecular formula is C24H28N4O3. The van der Waals surface area contributed by atoms with Gasteiger partial charge in [-0.05, 0) is 48.2 Å². The van der Waals surface area contributed by atoms with Gasteiger partial charge in [0.15, 0.2) is 11.5 Å². The number of anilines is 2. The number of amides is 1. The zero-order valence-electron chi connectivity index (χ0n) is 18.2. The van der Waals surface area contributed by atoms with Crippen molar-refractivity contribution in [2.75, 3.05) is 24.9 Å². The van der Waals surface area contributed by atoms with Crippen molar-refractivity contribution in [3.8, 4) is 22.6 Å². The van der Waals surface area contributed by atoms with E-state index in [1.165, 1.54) is 26.2 Å². The zero-order chi connectivity index (χ0) is 21.8. The Morgan fingerprint density at radius 3 is 2.35 bits per heavy atom. The summed E-state index contributed by atoms with van der Waals surface area (Å²) in [5.74, 6) is 2.25. The zero-order valence-corrected chi connectivity index (χ0v) is 18.2. The van der Waals surface area contributed by atoms with Gasteiger partial charge in [0, 0.05) is 18.4 Å². The predicted octanol–water partition coefficient (Wildman–Crippen LogP) is 5.02. The Balaban J connectivity index is 1.77. The lowest BCUT2D eigenvalue weighted by molar-refractivity contribution is -0.114. The molecule has 4 rings (SSSR count). The lowest BCUT2D eigenvalue weighted by Gasteiger charge is -2.24. The van der Waals surface area contributed by atoms with Crippen molar-refractivity contribution in [1.82, 2.24) is 9.97 Å². The van der Waals surface area contributed by atoms with Crippen molar-refractivity contribution < 1.29 is 14.3 Å². The third kappa shape index (κ3) is 4.71. The molecule has 162 valence electrons. The molecule has 1 aliphatic rings. The van der Waals surface area contributed by atoms with Crippen LogP contribution in [0.5, 0.6) is 11.5 Å². The molecule has 7 heteroatoms. The average molecular weight is 421 g/mol. The SMILES string of the molecule is COc1ccc(-c2ccc3nc(NC(C)=O)nc(NC4CCCCC4)c3c2)cc1OC. The minimum Gasteiger partial charge on any atom is -0.493 e. The van der Waals surface area contributed by atoms with Gasteiger partial charge in [0.05, 0.1) is 19.7 Å². The normalized spacial score (nSPS) is 14.3. The van der Waals surface area contributed by atoms with Gasteiger partial charge in [-0.15, -0.1) is 0 Å². The van der Waals surface area contributed by atoms with E-state index in [1.807, 2.05) is 30.3 Å². The Morgan fingerprint density at radius 1 is 0.935 bits per heavy atom. The second kappa shape index (κ2) is 9.20. The van der Waals surface area contributed by atoms with E-state index in [-0.39, 0.29) is 5.91 Å². The Hall–Kier alpha value is -3.35. The fraction of sp³-hybridized carbons (Fsp3) is 0.375. The second-order valence-electron chi connectivity index (χ2n) is 7.86. The molecule has 0 atom stereocenters.